The van der Waals surface area contributed by atoms with Crippen LogP contribution in [0.4, 0.5) is 0 Å². The molecule has 0 unspecified atom stereocenters. The quantitative estimate of drug-likeness (QED) is 0.448. The molecule has 0 radical (unpaired) electrons. The summed E-state index contributed by atoms with van der Waals surface area (Å²) in [5, 5.41) is 18.7. The normalized spacial score (nSPS) is 10.5. The summed E-state index contributed by atoms with van der Waals surface area (Å²) in [4.78, 5) is 11.1. The summed E-state index contributed by atoms with van der Waals surface area (Å²) >= 11 is 0. The number of carboxylic acid groups (broad SMARTS) is 1. The molecule has 2 N–H and O–H groups in total. The smallest absolute Gasteiger partial charge is 0.339 e. The second-order valence-electron chi connectivity index (χ2n) is 5.42. The van der Waals surface area contributed by atoms with E-state index in [1.54, 1.807) is 12.1 Å². The van der Waals surface area contributed by atoms with Crippen LogP contribution in [0.15, 0.2) is 30.9 Å². The fraction of sp³-hybridized carbons (Fsp3) is 0.500. The molecular weight excluding hydrogens is 264 g/mol. The molecule has 1 aromatic rings. The third kappa shape index (κ3) is 6.48. The molecular formula is C18H26O3. The minimum Gasteiger partial charge on any atom is -0.507 e. The van der Waals surface area contributed by atoms with Gasteiger partial charge in [-0.15, -0.1) is 6.58 Å². The van der Waals surface area contributed by atoms with Gasteiger partial charge in [-0.3, -0.25) is 0 Å². The Hall–Kier alpha value is -1.77. The zero-order chi connectivity index (χ0) is 15.5. The van der Waals surface area contributed by atoms with E-state index in [9.17, 15) is 9.90 Å². The molecule has 0 fully saturated rings. The van der Waals surface area contributed by atoms with Gasteiger partial charge in [-0.1, -0.05) is 50.3 Å². The van der Waals surface area contributed by atoms with Crippen molar-refractivity contribution in [3.63, 3.8) is 0 Å². The van der Waals surface area contributed by atoms with Gasteiger partial charge >= 0.3 is 5.97 Å². The van der Waals surface area contributed by atoms with Crippen LogP contribution in [0.3, 0.4) is 0 Å². The van der Waals surface area contributed by atoms with Gasteiger partial charge < -0.3 is 10.2 Å². The summed E-state index contributed by atoms with van der Waals surface area (Å²) in [6.07, 6.45) is 12.1. The molecule has 116 valence electrons. The topological polar surface area (TPSA) is 57.5 Å². The zero-order valence-corrected chi connectivity index (χ0v) is 12.7. The van der Waals surface area contributed by atoms with Crippen molar-refractivity contribution in [1.82, 2.24) is 0 Å². The van der Waals surface area contributed by atoms with E-state index < -0.39 is 5.97 Å². The highest BCUT2D eigenvalue weighted by Gasteiger charge is 2.14. The highest BCUT2D eigenvalue weighted by molar-refractivity contribution is 5.92. The maximum absolute atomic E-state index is 11.1. The van der Waals surface area contributed by atoms with E-state index in [4.69, 9.17) is 5.11 Å². The SMILES string of the molecule is C=CCCCCCCCCCc1cccc(O)c1C(=O)O. The number of aryl methyl sites for hydroxylation is 1. The van der Waals surface area contributed by atoms with Crippen LogP contribution in [0.25, 0.3) is 0 Å². The molecule has 0 aliphatic heterocycles. The molecule has 1 rings (SSSR count). The van der Waals surface area contributed by atoms with Crippen LogP contribution < -0.4 is 0 Å². The number of hydrogen-bond acceptors (Lipinski definition) is 2. The fourth-order valence-electron chi connectivity index (χ4n) is 2.53. The van der Waals surface area contributed by atoms with E-state index in [1.165, 1.54) is 38.2 Å². The monoisotopic (exact) mass is 290 g/mol. The van der Waals surface area contributed by atoms with Crippen LogP contribution in [0.2, 0.25) is 0 Å². The molecule has 0 atom stereocenters. The number of carbonyl (C=O) groups is 1. The molecule has 0 aliphatic carbocycles. The Labute approximate surface area is 127 Å². The molecule has 0 heterocycles. The van der Waals surface area contributed by atoms with Crippen LogP contribution in [0.5, 0.6) is 5.75 Å². The molecule has 21 heavy (non-hydrogen) atoms. The summed E-state index contributed by atoms with van der Waals surface area (Å²) in [5.74, 6) is -1.19. The lowest BCUT2D eigenvalue weighted by atomic mass is 9.99. The van der Waals surface area contributed by atoms with Crippen molar-refractivity contribution in [2.45, 2.75) is 57.8 Å². The maximum atomic E-state index is 11.1. The molecule has 0 amide bonds. The molecule has 0 aromatic heterocycles. The maximum Gasteiger partial charge on any atom is 0.339 e. The van der Waals surface area contributed by atoms with Gasteiger partial charge in [0.1, 0.15) is 11.3 Å². The molecule has 3 heteroatoms. The first-order valence-corrected chi connectivity index (χ1v) is 7.82. The summed E-state index contributed by atoms with van der Waals surface area (Å²) in [6.45, 7) is 3.71. The number of aromatic hydroxyl groups is 1. The van der Waals surface area contributed by atoms with E-state index in [0.717, 1.165) is 24.8 Å². The van der Waals surface area contributed by atoms with E-state index in [1.807, 2.05) is 6.08 Å². The number of unbranched alkanes of at least 4 members (excludes halogenated alkanes) is 7. The highest BCUT2D eigenvalue weighted by atomic mass is 16.4. The molecule has 0 aliphatic rings. The minimum atomic E-state index is -1.05. The molecule has 0 saturated heterocycles. The largest absolute Gasteiger partial charge is 0.507 e. The summed E-state index contributed by atoms with van der Waals surface area (Å²) in [7, 11) is 0. The number of aromatic carboxylic acids is 1. The Morgan fingerprint density at radius 1 is 1.05 bits per heavy atom. The minimum absolute atomic E-state index is 0.0573. The standard InChI is InChI=1S/C18H26O3/c1-2-3-4-5-6-7-8-9-10-12-15-13-11-14-16(19)17(15)18(20)21/h2,11,13-14,19H,1,3-10,12H2,(H,20,21). The molecule has 0 saturated carbocycles. The van der Waals surface area contributed by atoms with Crippen molar-refractivity contribution in [2.24, 2.45) is 0 Å². The van der Waals surface area contributed by atoms with Gasteiger partial charge in [0.2, 0.25) is 0 Å². The Morgan fingerprint density at radius 3 is 2.29 bits per heavy atom. The van der Waals surface area contributed by atoms with Gasteiger partial charge in [-0.2, -0.15) is 0 Å². The second-order valence-corrected chi connectivity index (χ2v) is 5.42. The van der Waals surface area contributed by atoms with Crippen molar-refractivity contribution in [1.29, 1.82) is 0 Å². The first kappa shape index (κ1) is 17.3. The van der Waals surface area contributed by atoms with Crippen LogP contribution in [-0.2, 0) is 6.42 Å². The third-order valence-corrected chi connectivity index (χ3v) is 3.70. The number of allylic oxidation sites excluding steroid dienone is 1. The Bertz CT molecular complexity index is 452. The first-order valence-electron chi connectivity index (χ1n) is 7.82. The van der Waals surface area contributed by atoms with Crippen LogP contribution in [0, 0.1) is 0 Å². The van der Waals surface area contributed by atoms with Gasteiger partial charge in [0.25, 0.3) is 0 Å². The molecule has 1 aromatic carbocycles. The van der Waals surface area contributed by atoms with Crippen molar-refractivity contribution in [2.75, 3.05) is 0 Å². The van der Waals surface area contributed by atoms with Gasteiger partial charge in [0.05, 0.1) is 0 Å². The lowest BCUT2D eigenvalue weighted by molar-refractivity contribution is 0.0692. The van der Waals surface area contributed by atoms with Crippen LogP contribution >= 0.6 is 0 Å². The van der Waals surface area contributed by atoms with Crippen molar-refractivity contribution < 1.29 is 15.0 Å². The lowest BCUT2D eigenvalue weighted by Crippen LogP contribution is -2.03. The summed E-state index contributed by atoms with van der Waals surface area (Å²) < 4.78 is 0. The number of rotatable bonds is 11. The van der Waals surface area contributed by atoms with Crippen molar-refractivity contribution in [3.05, 3.63) is 42.0 Å². The third-order valence-electron chi connectivity index (χ3n) is 3.70. The van der Waals surface area contributed by atoms with Crippen molar-refractivity contribution in [3.8, 4) is 5.75 Å². The average Bonchev–Trinajstić information content (AvgIpc) is 2.45. The summed E-state index contributed by atoms with van der Waals surface area (Å²) in [6, 6.07) is 4.92. The van der Waals surface area contributed by atoms with Crippen LogP contribution in [-0.4, -0.2) is 16.2 Å². The van der Waals surface area contributed by atoms with Crippen LogP contribution in [0.1, 0.15) is 67.3 Å². The number of phenols is 1. The average molecular weight is 290 g/mol. The van der Waals surface area contributed by atoms with Gasteiger partial charge in [0.15, 0.2) is 0 Å². The molecule has 0 bridgehead atoms. The Balaban J connectivity index is 2.23. The van der Waals surface area contributed by atoms with E-state index in [0.29, 0.717) is 6.42 Å². The zero-order valence-electron chi connectivity index (χ0n) is 12.7. The van der Waals surface area contributed by atoms with Gasteiger partial charge in [-0.05, 0) is 37.3 Å². The Morgan fingerprint density at radius 2 is 1.67 bits per heavy atom. The lowest BCUT2D eigenvalue weighted by Gasteiger charge is -2.07. The molecule has 0 spiro atoms. The first-order chi connectivity index (χ1) is 10.2. The van der Waals surface area contributed by atoms with Gasteiger partial charge in [-0.25, -0.2) is 4.79 Å². The van der Waals surface area contributed by atoms with E-state index in [-0.39, 0.29) is 11.3 Å². The predicted molar refractivity (Wildman–Crippen MR) is 85.9 cm³/mol. The number of benzene rings is 1. The Kier molecular flexibility index (Phi) is 8.25. The number of hydrogen-bond donors (Lipinski definition) is 2. The highest BCUT2D eigenvalue weighted by Crippen LogP contribution is 2.23. The molecule has 3 nitrogen and oxygen atoms in total. The van der Waals surface area contributed by atoms with Crippen molar-refractivity contribution >= 4 is 5.97 Å². The van der Waals surface area contributed by atoms with E-state index >= 15 is 0 Å². The van der Waals surface area contributed by atoms with Gasteiger partial charge in [0, 0.05) is 0 Å². The summed E-state index contributed by atoms with van der Waals surface area (Å²) in [5.41, 5.74) is 0.787. The second kappa shape index (κ2) is 10.0. The number of carboxylic acids is 1. The van der Waals surface area contributed by atoms with E-state index in [2.05, 4.69) is 6.58 Å². The predicted octanol–water partition coefficient (Wildman–Crippen LogP) is 4.94. The fourth-order valence-corrected chi connectivity index (χ4v) is 2.53.